The van der Waals surface area contributed by atoms with Crippen LogP contribution in [0.3, 0.4) is 0 Å². The van der Waals surface area contributed by atoms with E-state index in [1.807, 2.05) is 12.1 Å². The van der Waals surface area contributed by atoms with Gasteiger partial charge in [0.1, 0.15) is 5.75 Å². The normalized spacial score (nSPS) is 17.3. The lowest BCUT2D eigenvalue weighted by molar-refractivity contribution is -0.122. The first-order valence-electron chi connectivity index (χ1n) is 6.91. The summed E-state index contributed by atoms with van der Waals surface area (Å²) >= 11 is 0. The molecule has 1 fully saturated rings. The summed E-state index contributed by atoms with van der Waals surface area (Å²) in [7, 11) is 0. The van der Waals surface area contributed by atoms with E-state index in [0.29, 0.717) is 13.0 Å². The molecule has 1 aromatic carbocycles. The summed E-state index contributed by atoms with van der Waals surface area (Å²) in [6, 6.07) is 7.04. The maximum Gasteiger partial charge on any atom is 0.221 e. The van der Waals surface area contributed by atoms with Gasteiger partial charge in [0, 0.05) is 18.5 Å². The van der Waals surface area contributed by atoms with Crippen LogP contribution in [0.15, 0.2) is 24.3 Å². The minimum absolute atomic E-state index is 0.0446. The average Bonchev–Trinajstić information content (AvgIpc) is 2.78. The zero-order valence-electron chi connectivity index (χ0n) is 11.2. The molecule has 0 spiro atoms. The standard InChI is InChI=1S/C15H22N2O2/c16-15(8-1-2-9-15)11-14(19)17-10-7-12-3-5-13(18)6-4-12/h3-6,18H,1-2,7-11,16H2,(H,17,19). The Morgan fingerprint density at radius 2 is 1.89 bits per heavy atom. The number of nitrogens with two attached hydrogens (primary N) is 1. The Hall–Kier alpha value is -1.55. The van der Waals surface area contributed by atoms with E-state index in [1.165, 1.54) is 0 Å². The van der Waals surface area contributed by atoms with Crippen molar-refractivity contribution in [3.63, 3.8) is 0 Å². The Morgan fingerprint density at radius 1 is 1.26 bits per heavy atom. The number of hydrogen-bond donors (Lipinski definition) is 3. The van der Waals surface area contributed by atoms with Crippen LogP contribution in [0.1, 0.15) is 37.7 Å². The molecular weight excluding hydrogens is 240 g/mol. The second-order valence-electron chi connectivity index (χ2n) is 5.51. The Labute approximate surface area is 114 Å². The van der Waals surface area contributed by atoms with Gasteiger partial charge in [0.25, 0.3) is 0 Å². The van der Waals surface area contributed by atoms with Crippen LogP contribution in [0.5, 0.6) is 5.75 Å². The molecule has 0 aliphatic heterocycles. The third-order valence-corrected chi connectivity index (χ3v) is 3.78. The van der Waals surface area contributed by atoms with E-state index in [9.17, 15) is 9.90 Å². The molecule has 1 amide bonds. The molecule has 1 aliphatic carbocycles. The summed E-state index contributed by atoms with van der Waals surface area (Å²) in [5, 5.41) is 12.1. The number of phenols is 1. The lowest BCUT2D eigenvalue weighted by atomic mass is 9.94. The average molecular weight is 262 g/mol. The molecular formula is C15H22N2O2. The first-order valence-corrected chi connectivity index (χ1v) is 6.91. The maximum absolute atomic E-state index is 11.8. The predicted molar refractivity (Wildman–Crippen MR) is 74.8 cm³/mol. The number of hydrogen-bond acceptors (Lipinski definition) is 3. The van der Waals surface area contributed by atoms with Gasteiger partial charge in [-0.25, -0.2) is 0 Å². The highest BCUT2D eigenvalue weighted by molar-refractivity contribution is 5.77. The molecule has 0 heterocycles. The molecule has 19 heavy (non-hydrogen) atoms. The number of nitrogens with one attached hydrogen (secondary N) is 1. The first-order chi connectivity index (χ1) is 9.07. The number of carbonyl (C=O) groups excluding carboxylic acids is 1. The van der Waals surface area contributed by atoms with Gasteiger partial charge in [-0.15, -0.1) is 0 Å². The number of aromatic hydroxyl groups is 1. The number of phenolic OH excluding ortho intramolecular Hbond substituents is 1. The van der Waals surface area contributed by atoms with Crippen LogP contribution in [0.25, 0.3) is 0 Å². The van der Waals surface area contributed by atoms with Gasteiger partial charge in [-0.1, -0.05) is 25.0 Å². The van der Waals surface area contributed by atoms with Crippen LogP contribution in [0, 0.1) is 0 Å². The van der Waals surface area contributed by atoms with Crippen molar-refractivity contribution in [1.82, 2.24) is 5.32 Å². The number of benzene rings is 1. The van der Waals surface area contributed by atoms with Gasteiger partial charge in [-0.2, -0.15) is 0 Å². The van der Waals surface area contributed by atoms with Crippen molar-refractivity contribution >= 4 is 5.91 Å². The molecule has 2 rings (SSSR count). The van der Waals surface area contributed by atoms with Crippen molar-refractivity contribution in [3.05, 3.63) is 29.8 Å². The Balaban J connectivity index is 1.70. The van der Waals surface area contributed by atoms with E-state index >= 15 is 0 Å². The largest absolute Gasteiger partial charge is 0.508 e. The van der Waals surface area contributed by atoms with Crippen LogP contribution in [0.4, 0.5) is 0 Å². The molecule has 0 saturated heterocycles. The highest BCUT2D eigenvalue weighted by Crippen LogP contribution is 2.29. The van der Waals surface area contributed by atoms with Gasteiger partial charge in [0.05, 0.1) is 0 Å². The molecule has 4 nitrogen and oxygen atoms in total. The van der Waals surface area contributed by atoms with Crippen molar-refractivity contribution in [2.24, 2.45) is 5.73 Å². The Kier molecular flexibility index (Phi) is 4.43. The third-order valence-electron chi connectivity index (χ3n) is 3.78. The molecule has 1 aliphatic rings. The van der Waals surface area contributed by atoms with Crippen molar-refractivity contribution < 1.29 is 9.90 Å². The summed E-state index contributed by atoms with van der Waals surface area (Å²) in [6.45, 7) is 0.611. The van der Waals surface area contributed by atoms with Gasteiger partial charge < -0.3 is 16.2 Å². The first kappa shape index (κ1) is 13.9. The lowest BCUT2D eigenvalue weighted by Crippen LogP contribution is -2.42. The topological polar surface area (TPSA) is 75.4 Å². The minimum atomic E-state index is -0.275. The van der Waals surface area contributed by atoms with Crippen LogP contribution in [-0.4, -0.2) is 23.1 Å². The van der Waals surface area contributed by atoms with E-state index < -0.39 is 0 Å². The van der Waals surface area contributed by atoms with E-state index in [0.717, 1.165) is 37.7 Å². The van der Waals surface area contributed by atoms with Gasteiger partial charge in [0.15, 0.2) is 0 Å². The molecule has 1 saturated carbocycles. The molecule has 0 bridgehead atoms. The van der Waals surface area contributed by atoms with Gasteiger partial charge >= 0.3 is 0 Å². The van der Waals surface area contributed by atoms with Crippen LogP contribution in [-0.2, 0) is 11.2 Å². The van der Waals surface area contributed by atoms with E-state index in [-0.39, 0.29) is 17.2 Å². The maximum atomic E-state index is 11.8. The summed E-state index contributed by atoms with van der Waals surface area (Å²) in [4.78, 5) is 11.8. The van der Waals surface area contributed by atoms with Crippen LogP contribution in [0.2, 0.25) is 0 Å². The molecule has 4 N–H and O–H groups in total. The van der Waals surface area contributed by atoms with E-state index in [2.05, 4.69) is 5.32 Å². The number of carbonyl (C=O) groups is 1. The fourth-order valence-corrected chi connectivity index (χ4v) is 2.65. The summed E-state index contributed by atoms with van der Waals surface area (Å²) in [5.74, 6) is 0.308. The van der Waals surface area contributed by atoms with Crippen LogP contribution < -0.4 is 11.1 Å². The fourth-order valence-electron chi connectivity index (χ4n) is 2.65. The third kappa shape index (κ3) is 4.24. The molecule has 0 atom stereocenters. The number of rotatable bonds is 5. The SMILES string of the molecule is NC1(CC(=O)NCCc2ccc(O)cc2)CCCC1. The summed E-state index contributed by atoms with van der Waals surface area (Å²) in [5.41, 5.74) is 6.99. The second kappa shape index (κ2) is 6.06. The van der Waals surface area contributed by atoms with Crippen molar-refractivity contribution in [2.45, 2.75) is 44.1 Å². The Morgan fingerprint density at radius 3 is 2.53 bits per heavy atom. The monoisotopic (exact) mass is 262 g/mol. The predicted octanol–water partition coefficient (Wildman–Crippen LogP) is 1.71. The fraction of sp³-hybridized carbons (Fsp3) is 0.533. The van der Waals surface area contributed by atoms with Crippen LogP contribution >= 0.6 is 0 Å². The van der Waals surface area contributed by atoms with Gasteiger partial charge in [-0.3, -0.25) is 4.79 Å². The second-order valence-corrected chi connectivity index (χ2v) is 5.51. The van der Waals surface area contributed by atoms with E-state index in [1.54, 1.807) is 12.1 Å². The summed E-state index contributed by atoms with van der Waals surface area (Å²) < 4.78 is 0. The highest BCUT2D eigenvalue weighted by Gasteiger charge is 2.31. The van der Waals surface area contributed by atoms with Crippen molar-refractivity contribution in [1.29, 1.82) is 0 Å². The highest BCUT2D eigenvalue weighted by atomic mass is 16.3. The molecule has 4 heteroatoms. The smallest absolute Gasteiger partial charge is 0.221 e. The quantitative estimate of drug-likeness (QED) is 0.756. The molecule has 0 radical (unpaired) electrons. The molecule has 0 unspecified atom stereocenters. The number of amides is 1. The molecule has 104 valence electrons. The molecule has 0 aromatic heterocycles. The van der Waals surface area contributed by atoms with E-state index in [4.69, 9.17) is 5.73 Å². The molecule has 1 aromatic rings. The summed E-state index contributed by atoms with van der Waals surface area (Å²) in [6.07, 6.45) is 5.39. The zero-order valence-corrected chi connectivity index (χ0v) is 11.2. The Bertz CT molecular complexity index is 422. The van der Waals surface area contributed by atoms with Crippen molar-refractivity contribution in [3.8, 4) is 5.75 Å². The zero-order chi connectivity index (χ0) is 13.7. The minimum Gasteiger partial charge on any atom is -0.508 e. The van der Waals surface area contributed by atoms with Gasteiger partial charge in [-0.05, 0) is 37.0 Å². The van der Waals surface area contributed by atoms with Gasteiger partial charge in [0.2, 0.25) is 5.91 Å². The lowest BCUT2D eigenvalue weighted by Gasteiger charge is -2.22. The van der Waals surface area contributed by atoms with Crippen molar-refractivity contribution in [2.75, 3.05) is 6.54 Å².